The molecule has 1 N–H and O–H groups in total. The highest BCUT2D eigenvalue weighted by Crippen LogP contribution is 2.32. The minimum Gasteiger partial charge on any atom is -0.494 e. The fourth-order valence-electron chi connectivity index (χ4n) is 6.07. The Labute approximate surface area is 242 Å². The summed E-state index contributed by atoms with van der Waals surface area (Å²) in [5.74, 6) is 1.55. The van der Waals surface area contributed by atoms with E-state index in [2.05, 4.69) is 18.0 Å². The van der Waals surface area contributed by atoms with Crippen LogP contribution >= 0.6 is 0 Å². The molecule has 0 saturated carbocycles. The Hall–Kier alpha value is -3.52. The number of aromatic amines is 1. The summed E-state index contributed by atoms with van der Waals surface area (Å²) in [6.07, 6.45) is 5.06. The van der Waals surface area contributed by atoms with E-state index in [-0.39, 0.29) is 18.4 Å². The second kappa shape index (κ2) is 13.0. The second-order valence-corrected chi connectivity index (χ2v) is 11.1. The van der Waals surface area contributed by atoms with Crippen molar-refractivity contribution in [3.05, 3.63) is 59.3 Å². The van der Waals surface area contributed by atoms with Crippen LogP contribution in [0.3, 0.4) is 0 Å². The van der Waals surface area contributed by atoms with Crippen molar-refractivity contribution in [1.29, 1.82) is 0 Å². The molecule has 2 aliphatic rings. The third kappa shape index (κ3) is 6.22. The van der Waals surface area contributed by atoms with E-state index in [1.807, 2.05) is 55.1 Å². The number of rotatable bonds is 6. The van der Waals surface area contributed by atoms with Gasteiger partial charge >= 0.3 is 0 Å². The topological polar surface area (TPSA) is 84.1 Å². The molecular formula is C33H43N3O5. The molecule has 3 aromatic rings. The van der Waals surface area contributed by atoms with Gasteiger partial charge in [-0.25, -0.2) is 0 Å². The Kier molecular flexibility index (Phi) is 9.18. The first kappa shape index (κ1) is 29.0. The summed E-state index contributed by atoms with van der Waals surface area (Å²) in [6, 6.07) is 14.0. The van der Waals surface area contributed by atoms with Crippen molar-refractivity contribution in [2.75, 3.05) is 46.0 Å². The molecule has 3 heterocycles. The number of H-pyrrole nitrogens is 1. The molecule has 1 spiro atoms. The van der Waals surface area contributed by atoms with E-state index in [9.17, 15) is 9.59 Å². The van der Waals surface area contributed by atoms with Crippen molar-refractivity contribution in [2.45, 2.75) is 64.9 Å². The van der Waals surface area contributed by atoms with Gasteiger partial charge in [-0.3, -0.25) is 9.59 Å². The lowest BCUT2D eigenvalue weighted by molar-refractivity contribution is -0.170. The second-order valence-electron chi connectivity index (χ2n) is 11.1. The van der Waals surface area contributed by atoms with E-state index < -0.39 is 5.60 Å². The molecule has 8 heteroatoms. The molecule has 0 aliphatic carbocycles. The molecule has 1 aromatic heterocycles. The number of nitrogens with one attached hydrogen (secondary N) is 1. The number of carbonyl (C=O) groups is 2. The summed E-state index contributed by atoms with van der Waals surface area (Å²) in [7, 11) is 0. The molecule has 220 valence electrons. The maximum atomic E-state index is 14.3. The van der Waals surface area contributed by atoms with Crippen LogP contribution < -0.4 is 9.47 Å². The number of hydrogen-bond donors (Lipinski definition) is 1. The molecule has 0 radical (unpaired) electrons. The molecule has 2 amide bonds. The molecule has 41 heavy (non-hydrogen) atoms. The zero-order valence-corrected chi connectivity index (χ0v) is 24.7. The zero-order valence-electron chi connectivity index (χ0n) is 24.7. The number of morpholine rings is 1. The molecule has 8 nitrogen and oxygen atoms in total. The lowest BCUT2D eigenvalue weighted by atomic mass is 9.90. The van der Waals surface area contributed by atoms with Crippen LogP contribution in [0.25, 0.3) is 10.9 Å². The first-order chi connectivity index (χ1) is 20.0. The highest BCUT2D eigenvalue weighted by Gasteiger charge is 2.47. The highest BCUT2D eigenvalue weighted by molar-refractivity contribution is 6.01. The maximum absolute atomic E-state index is 14.3. The van der Waals surface area contributed by atoms with Crippen molar-refractivity contribution in [1.82, 2.24) is 14.8 Å². The normalized spacial score (nSPS) is 20.3. The minimum absolute atomic E-state index is 0.0318. The predicted molar refractivity (Wildman–Crippen MR) is 160 cm³/mol. The average molecular weight is 562 g/mol. The zero-order chi connectivity index (χ0) is 28.8. The number of hydrogen-bond acceptors (Lipinski definition) is 5. The molecule has 1 unspecified atom stereocenters. The third-order valence-electron chi connectivity index (χ3n) is 8.35. The first-order valence-electron chi connectivity index (χ1n) is 15.1. The first-order valence-corrected chi connectivity index (χ1v) is 15.1. The molecule has 2 aromatic carbocycles. The number of benzene rings is 2. The smallest absolute Gasteiger partial charge is 0.270 e. The van der Waals surface area contributed by atoms with Gasteiger partial charge in [0.2, 0.25) is 0 Å². The number of amides is 2. The molecule has 0 bridgehead atoms. The van der Waals surface area contributed by atoms with Crippen LogP contribution in [0.15, 0.2) is 42.5 Å². The van der Waals surface area contributed by atoms with Crippen molar-refractivity contribution >= 4 is 22.7 Å². The standard InChI is InChI=1S/C33H43N3O5/c1-4-6-17-35-18-20-40-29-13-8-7-11-25(29)12-9-10-16-33(32(35)38)23-36(19-21-41-33)31(37)30-24(3)27-22-26(39-5-2)14-15-28(27)34-30/h7-8,11,13-15,22,34H,4-6,9-10,12,16-21,23H2,1-3H3. The Bertz CT molecular complexity index is 1370. The van der Waals surface area contributed by atoms with Crippen LogP contribution in [-0.4, -0.2) is 78.2 Å². The maximum Gasteiger partial charge on any atom is 0.270 e. The average Bonchev–Trinajstić information content (AvgIpc) is 3.32. The highest BCUT2D eigenvalue weighted by atomic mass is 16.5. The van der Waals surface area contributed by atoms with Gasteiger partial charge in [-0.1, -0.05) is 31.5 Å². The summed E-state index contributed by atoms with van der Waals surface area (Å²) in [4.78, 5) is 35.3. The van der Waals surface area contributed by atoms with E-state index in [1.54, 1.807) is 4.90 Å². The SMILES string of the molecule is CCCCN1CCOc2ccccc2CCCCC2(CN(C(=O)c3[nH]c4ccc(OCC)cc4c3C)CCO2)C1=O. The Balaban J connectivity index is 1.41. The largest absolute Gasteiger partial charge is 0.494 e. The van der Waals surface area contributed by atoms with Gasteiger partial charge < -0.3 is 29.0 Å². The van der Waals surface area contributed by atoms with Crippen LogP contribution in [0.1, 0.15) is 67.6 Å². The van der Waals surface area contributed by atoms with Crippen molar-refractivity contribution in [3.63, 3.8) is 0 Å². The Morgan fingerprint density at radius 3 is 2.78 bits per heavy atom. The van der Waals surface area contributed by atoms with E-state index in [0.29, 0.717) is 51.6 Å². The van der Waals surface area contributed by atoms with Gasteiger partial charge in [0.25, 0.3) is 11.8 Å². The number of fused-ring (bicyclic) bond motifs is 2. The van der Waals surface area contributed by atoms with E-state index in [0.717, 1.165) is 60.1 Å². The van der Waals surface area contributed by atoms with Crippen molar-refractivity contribution < 1.29 is 23.8 Å². The van der Waals surface area contributed by atoms with Crippen LogP contribution in [0, 0.1) is 6.92 Å². The summed E-state index contributed by atoms with van der Waals surface area (Å²) >= 11 is 0. The van der Waals surface area contributed by atoms with Crippen molar-refractivity contribution in [2.24, 2.45) is 0 Å². The quantitative estimate of drug-likeness (QED) is 0.429. The van der Waals surface area contributed by atoms with Crippen LogP contribution in [-0.2, 0) is 16.0 Å². The monoisotopic (exact) mass is 561 g/mol. The molecule has 1 atom stereocenters. The molecule has 1 fully saturated rings. The number of aryl methyl sites for hydroxylation is 2. The fourth-order valence-corrected chi connectivity index (χ4v) is 6.07. The third-order valence-corrected chi connectivity index (χ3v) is 8.35. The lowest BCUT2D eigenvalue weighted by Gasteiger charge is -2.44. The summed E-state index contributed by atoms with van der Waals surface area (Å²) in [5.41, 5.74) is 2.46. The molecule has 5 rings (SSSR count). The van der Waals surface area contributed by atoms with Crippen LogP contribution in [0.4, 0.5) is 0 Å². The van der Waals surface area contributed by atoms with Crippen LogP contribution in [0.5, 0.6) is 11.5 Å². The number of aromatic nitrogens is 1. The Morgan fingerprint density at radius 2 is 1.95 bits per heavy atom. The van der Waals surface area contributed by atoms with Gasteiger partial charge in [-0.05, 0) is 81.3 Å². The number of unbranched alkanes of at least 4 members (excludes halogenated alkanes) is 1. The number of ether oxygens (including phenoxy) is 3. The Morgan fingerprint density at radius 1 is 1.10 bits per heavy atom. The molecule has 1 saturated heterocycles. The fraction of sp³-hybridized carbons (Fsp3) is 0.515. The van der Waals surface area contributed by atoms with Gasteiger partial charge in [-0.2, -0.15) is 0 Å². The number of nitrogens with zero attached hydrogens (tertiary/aromatic N) is 2. The van der Waals surface area contributed by atoms with Crippen molar-refractivity contribution in [3.8, 4) is 11.5 Å². The van der Waals surface area contributed by atoms with Crippen LogP contribution in [0.2, 0.25) is 0 Å². The van der Waals surface area contributed by atoms with Gasteiger partial charge in [0, 0.05) is 24.0 Å². The van der Waals surface area contributed by atoms with E-state index in [4.69, 9.17) is 14.2 Å². The number of carbonyl (C=O) groups excluding carboxylic acids is 2. The minimum atomic E-state index is -1.07. The van der Waals surface area contributed by atoms with Gasteiger partial charge in [0.1, 0.15) is 23.8 Å². The summed E-state index contributed by atoms with van der Waals surface area (Å²) in [6.45, 7) is 9.18. The summed E-state index contributed by atoms with van der Waals surface area (Å²) < 4.78 is 18.2. The summed E-state index contributed by atoms with van der Waals surface area (Å²) in [5, 5.41) is 0.968. The van der Waals surface area contributed by atoms with Gasteiger partial charge in [0.15, 0.2) is 5.60 Å². The lowest BCUT2D eigenvalue weighted by Crippen LogP contribution is -2.62. The predicted octanol–water partition coefficient (Wildman–Crippen LogP) is 5.52. The molecular weight excluding hydrogens is 518 g/mol. The van der Waals surface area contributed by atoms with E-state index >= 15 is 0 Å². The van der Waals surface area contributed by atoms with Gasteiger partial charge in [-0.15, -0.1) is 0 Å². The number of para-hydroxylation sites is 1. The van der Waals surface area contributed by atoms with E-state index in [1.165, 1.54) is 5.56 Å². The van der Waals surface area contributed by atoms with Gasteiger partial charge in [0.05, 0.1) is 26.3 Å². The molecule has 2 aliphatic heterocycles.